The molecule has 0 radical (unpaired) electrons. The molecule has 1 aromatic carbocycles. The number of piperidine rings is 1. The maximum atomic E-state index is 13.0. The maximum absolute atomic E-state index is 13.0. The molecule has 2 aliphatic rings. The van der Waals surface area contributed by atoms with Gasteiger partial charge >= 0.3 is 0 Å². The van der Waals surface area contributed by atoms with Crippen LogP contribution in [0.25, 0.3) is 5.65 Å². The average Bonchev–Trinajstić information content (AvgIpc) is 3.43. The summed E-state index contributed by atoms with van der Waals surface area (Å²) >= 11 is 0. The molecule has 1 atom stereocenters. The van der Waals surface area contributed by atoms with E-state index in [1.165, 1.54) is 18.5 Å². The Hall–Kier alpha value is -2.89. The van der Waals surface area contributed by atoms with Crippen molar-refractivity contribution in [3.8, 4) is 0 Å². The lowest BCUT2D eigenvalue weighted by molar-refractivity contribution is 0.0704. The molecule has 2 fully saturated rings. The van der Waals surface area contributed by atoms with Crippen LogP contribution in [0.15, 0.2) is 42.6 Å². The van der Waals surface area contributed by atoms with Crippen molar-refractivity contribution in [3.63, 3.8) is 0 Å². The van der Waals surface area contributed by atoms with Gasteiger partial charge in [-0.3, -0.25) is 4.79 Å². The van der Waals surface area contributed by atoms with Crippen LogP contribution in [0, 0.1) is 6.92 Å². The molecule has 0 N–H and O–H groups in total. The van der Waals surface area contributed by atoms with Gasteiger partial charge in [0.2, 0.25) is 0 Å². The van der Waals surface area contributed by atoms with Crippen molar-refractivity contribution >= 4 is 17.2 Å². The lowest BCUT2D eigenvalue weighted by atomic mass is 9.96. The Kier molecular flexibility index (Phi) is 4.70. The fourth-order valence-corrected chi connectivity index (χ4v) is 4.58. The monoisotopic (exact) mass is 389 g/mol. The van der Waals surface area contributed by atoms with Gasteiger partial charge in [-0.1, -0.05) is 18.2 Å². The number of aryl methyl sites for hydroxylation is 1. The minimum atomic E-state index is 0.118. The summed E-state index contributed by atoms with van der Waals surface area (Å²) in [7, 11) is 0. The van der Waals surface area contributed by atoms with E-state index in [-0.39, 0.29) is 11.8 Å². The van der Waals surface area contributed by atoms with Crippen LogP contribution in [-0.2, 0) is 0 Å². The lowest BCUT2D eigenvalue weighted by Gasteiger charge is -2.31. The third-order valence-electron chi connectivity index (χ3n) is 6.25. The lowest BCUT2D eigenvalue weighted by Crippen LogP contribution is -2.39. The highest BCUT2D eigenvalue weighted by Crippen LogP contribution is 2.27. The number of fused-ring (bicyclic) bond motifs is 1. The van der Waals surface area contributed by atoms with Crippen LogP contribution in [0.5, 0.6) is 0 Å². The fourth-order valence-electron chi connectivity index (χ4n) is 4.58. The molecule has 0 aliphatic carbocycles. The fraction of sp³-hybridized carbons (Fsp3) is 0.435. The molecule has 2 saturated heterocycles. The Morgan fingerprint density at radius 1 is 1.03 bits per heavy atom. The Bertz CT molecular complexity index is 1040. The number of carbonyl (C=O) groups is 1. The predicted molar refractivity (Wildman–Crippen MR) is 113 cm³/mol. The molecular weight excluding hydrogens is 362 g/mol. The van der Waals surface area contributed by atoms with E-state index >= 15 is 0 Å². The first-order valence-electron chi connectivity index (χ1n) is 10.7. The van der Waals surface area contributed by atoms with Crippen LogP contribution in [0.1, 0.15) is 53.3 Å². The molecule has 6 heteroatoms. The maximum Gasteiger partial charge on any atom is 0.254 e. The van der Waals surface area contributed by atoms with Gasteiger partial charge in [0.15, 0.2) is 11.5 Å². The molecule has 150 valence electrons. The summed E-state index contributed by atoms with van der Waals surface area (Å²) in [6.07, 6.45) is 6.61. The van der Waals surface area contributed by atoms with Gasteiger partial charge in [-0.05, 0) is 56.4 Å². The predicted octanol–water partition coefficient (Wildman–Crippen LogP) is 3.66. The summed E-state index contributed by atoms with van der Waals surface area (Å²) in [5.74, 6) is 1.16. The van der Waals surface area contributed by atoms with E-state index in [0.717, 1.165) is 55.1 Å². The standard InChI is InChI=1S/C23H27N5O/c1-17-7-2-3-9-20(17)23(29)27-14-6-8-18(15-27)22-24-21-11-10-19(16-28(21)25-22)26-12-4-5-13-26/h2-3,7,9-11,16,18H,4-6,8,12-15H2,1H3. The van der Waals surface area contributed by atoms with Crippen LogP contribution < -0.4 is 4.90 Å². The summed E-state index contributed by atoms with van der Waals surface area (Å²) < 4.78 is 1.91. The van der Waals surface area contributed by atoms with Crippen LogP contribution in [0.3, 0.4) is 0 Å². The van der Waals surface area contributed by atoms with Gasteiger partial charge in [0, 0.05) is 37.7 Å². The van der Waals surface area contributed by atoms with Gasteiger partial charge < -0.3 is 9.80 Å². The summed E-state index contributed by atoms with van der Waals surface area (Å²) in [5.41, 5.74) is 3.92. The van der Waals surface area contributed by atoms with Crippen LogP contribution in [-0.4, -0.2) is 51.6 Å². The molecule has 2 aliphatic heterocycles. The van der Waals surface area contributed by atoms with E-state index in [4.69, 9.17) is 10.1 Å². The average molecular weight is 390 g/mol. The third-order valence-corrected chi connectivity index (χ3v) is 6.25. The Balaban J connectivity index is 1.37. The van der Waals surface area contributed by atoms with E-state index in [1.54, 1.807) is 0 Å². The highest BCUT2D eigenvalue weighted by molar-refractivity contribution is 5.95. The number of anilines is 1. The zero-order valence-corrected chi connectivity index (χ0v) is 16.9. The number of carbonyl (C=O) groups excluding carboxylic acids is 1. The highest BCUT2D eigenvalue weighted by Gasteiger charge is 2.28. The van der Waals surface area contributed by atoms with Crippen LogP contribution in [0.4, 0.5) is 5.69 Å². The second-order valence-electron chi connectivity index (χ2n) is 8.26. The SMILES string of the molecule is Cc1ccccc1C(=O)N1CCCC(c2nc3ccc(N4CCCC4)cn3n2)C1. The van der Waals surface area contributed by atoms with Crippen molar-refractivity contribution in [3.05, 3.63) is 59.5 Å². The molecule has 0 bridgehead atoms. The van der Waals surface area contributed by atoms with E-state index in [9.17, 15) is 4.79 Å². The van der Waals surface area contributed by atoms with Crippen molar-refractivity contribution in [1.29, 1.82) is 0 Å². The molecule has 4 heterocycles. The first kappa shape index (κ1) is 18.2. The molecule has 3 aromatic rings. The molecule has 2 aromatic heterocycles. The van der Waals surface area contributed by atoms with Crippen molar-refractivity contribution < 1.29 is 4.79 Å². The number of likely N-dealkylation sites (tertiary alicyclic amines) is 1. The Morgan fingerprint density at radius 2 is 1.86 bits per heavy atom. The number of nitrogens with zero attached hydrogens (tertiary/aromatic N) is 5. The number of pyridine rings is 1. The van der Waals surface area contributed by atoms with Crippen LogP contribution >= 0.6 is 0 Å². The molecule has 29 heavy (non-hydrogen) atoms. The van der Waals surface area contributed by atoms with Gasteiger partial charge in [-0.25, -0.2) is 9.50 Å². The third kappa shape index (κ3) is 3.48. The second kappa shape index (κ2) is 7.50. The number of rotatable bonds is 3. The minimum absolute atomic E-state index is 0.118. The summed E-state index contributed by atoms with van der Waals surface area (Å²) in [5, 5.41) is 4.79. The van der Waals surface area contributed by atoms with Crippen molar-refractivity contribution in [2.75, 3.05) is 31.1 Å². The van der Waals surface area contributed by atoms with Crippen molar-refractivity contribution in [2.24, 2.45) is 0 Å². The van der Waals surface area contributed by atoms with Gasteiger partial charge in [-0.2, -0.15) is 5.10 Å². The zero-order chi connectivity index (χ0) is 19.8. The first-order valence-corrected chi connectivity index (χ1v) is 10.7. The Labute approximate surface area is 171 Å². The minimum Gasteiger partial charge on any atom is -0.370 e. The Morgan fingerprint density at radius 3 is 2.69 bits per heavy atom. The molecule has 0 saturated carbocycles. The zero-order valence-electron chi connectivity index (χ0n) is 16.9. The normalized spacial score (nSPS) is 19.8. The van der Waals surface area contributed by atoms with E-state index in [2.05, 4.69) is 23.2 Å². The first-order chi connectivity index (χ1) is 14.2. The number of hydrogen-bond acceptors (Lipinski definition) is 4. The van der Waals surface area contributed by atoms with Crippen LogP contribution in [0.2, 0.25) is 0 Å². The smallest absolute Gasteiger partial charge is 0.254 e. The van der Waals surface area contributed by atoms with Crippen molar-refractivity contribution in [2.45, 2.75) is 38.5 Å². The summed E-state index contributed by atoms with van der Waals surface area (Å²) in [6, 6.07) is 12.0. The second-order valence-corrected chi connectivity index (χ2v) is 8.26. The number of aromatic nitrogens is 3. The highest BCUT2D eigenvalue weighted by atomic mass is 16.2. The van der Waals surface area contributed by atoms with Crippen molar-refractivity contribution in [1.82, 2.24) is 19.5 Å². The van der Waals surface area contributed by atoms with E-state index in [0.29, 0.717) is 6.54 Å². The van der Waals surface area contributed by atoms with Gasteiger partial charge in [0.05, 0.1) is 11.9 Å². The van der Waals surface area contributed by atoms with Gasteiger partial charge in [0.1, 0.15) is 0 Å². The quantitative estimate of drug-likeness (QED) is 0.686. The summed E-state index contributed by atoms with van der Waals surface area (Å²) in [6.45, 7) is 5.72. The molecule has 0 spiro atoms. The summed E-state index contributed by atoms with van der Waals surface area (Å²) in [4.78, 5) is 22.2. The van der Waals surface area contributed by atoms with E-state index in [1.807, 2.05) is 40.6 Å². The van der Waals surface area contributed by atoms with E-state index < -0.39 is 0 Å². The molecular formula is C23H27N5O. The number of hydrogen-bond donors (Lipinski definition) is 0. The number of benzene rings is 1. The van der Waals surface area contributed by atoms with Gasteiger partial charge in [0.25, 0.3) is 5.91 Å². The topological polar surface area (TPSA) is 53.7 Å². The van der Waals surface area contributed by atoms with Gasteiger partial charge in [-0.15, -0.1) is 0 Å². The largest absolute Gasteiger partial charge is 0.370 e. The molecule has 1 amide bonds. The molecule has 1 unspecified atom stereocenters. The molecule has 5 rings (SSSR count). The number of amides is 1. The molecule has 6 nitrogen and oxygen atoms in total.